The van der Waals surface area contributed by atoms with Crippen molar-refractivity contribution >= 4 is 38.5 Å². The molecule has 0 radical (unpaired) electrons. The fraction of sp³-hybridized carbons (Fsp3) is 0.250. The Balaban J connectivity index is 2.63. The summed E-state index contributed by atoms with van der Waals surface area (Å²) in [5.41, 5.74) is 5.82. The molecule has 0 aliphatic carbocycles. The molecule has 2 rings (SSSR count). The van der Waals surface area contributed by atoms with E-state index in [4.69, 9.17) is 26.9 Å². The van der Waals surface area contributed by atoms with Gasteiger partial charge in [-0.2, -0.15) is 0 Å². The van der Waals surface area contributed by atoms with Crippen molar-refractivity contribution in [2.75, 3.05) is 6.61 Å². The van der Waals surface area contributed by atoms with E-state index in [0.29, 0.717) is 21.6 Å². The first-order valence-corrected chi connectivity index (χ1v) is 6.47. The topological polar surface area (TPSA) is 76.5 Å². The quantitative estimate of drug-likeness (QED) is 0.844. The van der Waals surface area contributed by atoms with Gasteiger partial charge in [0.2, 0.25) is 0 Å². The lowest BCUT2D eigenvalue weighted by atomic mass is 10.1. The predicted octanol–water partition coefficient (Wildman–Crippen LogP) is 2.07. The summed E-state index contributed by atoms with van der Waals surface area (Å²) < 4.78 is 6.01. The highest BCUT2D eigenvalue weighted by Crippen LogP contribution is 2.28. The Morgan fingerprint density at radius 3 is 2.89 bits per heavy atom. The number of nitrogens with two attached hydrogens (primary N) is 1. The summed E-state index contributed by atoms with van der Waals surface area (Å²) in [6.07, 6.45) is 0.181. The highest BCUT2D eigenvalue weighted by atomic mass is 79.9. The first-order valence-electron chi connectivity index (χ1n) is 5.30. The molecule has 0 fully saturated rings. The monoisotopic (exact) mass is 331 g/mol. The normalized spacial score (nSPS) is 12.9. The van der Waals surface area contributed by atoms with Crippen molar-refractivity contribution < 1.29 is 9.52 Å². The van der Waals surface area contributed by atoms with Gasteiger partial charge in [0.05, 0.1) is 17.2 Å². The van der Waals surface area contributed by atoms with Gasteiger partial charge in [-0.05, 0) is 24.6 Å². The van der Waals surface area contributed by atoms with Gasteiger partial charge in [-0.15, -0.1) is 0 Å². The standard InChI is InChI=1S/C12H11BrClNO3/c13-6-1-2-10-8(3-6)11(14)9(12(17)18-10)4-7(15)5-16/h1-3,7,16H,4-5,15H2. The molecule has 96 valence electrons. The molecule has 3 N–H and O–H groups in total. The highest BCUT2D eigenvalue weighted by Gasteiger charge is 2.15. The van der Waals surface area contributed by atoms with Gasteiger partial charge in [0.15, 0.2) is 0 Å². The van der Waals surface area contributed by atoms with E-state index in [1.54, 1.807) is 18.2 Å². The zero-order valence-corrected chi connectivity index (χ0v) is 11.7. The number of aliphatic hydroxyl groups is 1. The van der Waals surface area contributed by atoms with E-state index in [-0.39, 0.29) is 13.0 Å². The summed E-state index contributed by atoms with van der Waals surface area (Å²) in [6, 6.07) is 4.67. The molecular weight excluding hydrogens is 321 g/mol. The molecule has 1 heterocycles. The largest absolute Gasteiger partial charge is 0.422 e. The molecule has 0 amide bonds. The number of fused-ring (bicyclic) bond motifs is 1. The Hall–Kier alpha value is -0.880. The molecule has 0 bridgehead atoms. The minimum atomic E-state index is -0.532. The minimum absolute atomic E-state index is 0.181. The second-order valence-electron chi connectivity index (χ2n) is 3.97. The maximum absolute atomic E-state index is 11.8. The van der Waals surface area contributed by atoms with Crippen LogP contribution in [0.3, 0.4) is 0 Å². The molecule has 0 aliphatic rings. The van der Waals surface area contributed by atoms with E-state index in [2.05, 4.69) is 15.9 Å². The Morgan fingerprint density at radius 1 is 1.50 bits per heavy atom. The van der Waals surface area contributed by atoms with Crippen LogP contribution in [-0.2, 0) is 6.42 Å². The fourth-order valence-electron chi connectivity index (χ4n) is 1.68. The van der Waals surface area contributed by atoms with Crippen LogP contribution in [0, 0.1) is 0 Å². The van der Waals surface area contributed by atoms with Crippen LogP contribution in [0.4, 0.5) is 0 Å². The van der Waals surface area contributed by atoms with Gasteiger partial charge in [-0.1, -0.05) is 27.5 Å². The zero-order chi connectivity index (χ0) is 13.3. The van der Waals surface area contributed by atoms with E-state index in [0.717, 1.165) is 4.47 Å². The molecule has 4 nitrogen and oxygen atoms in total. The van der Waals surface area contributed by atoms with Gasteiger partial charge >= 0.3 is 5.63 Å². The smallest absolute Gasteiger partial charge is 0.341 e. The molecule has 0 spiro atoms. The van der Waals surface area contributed by atoms with Crippen LogP contribution in [-0.4, -0.2) is 17.8 Å². The van der Waals surface area contributed by atoms with Crippen molar-refractivity contribution in [3.63, 3.8) is 0 Å². The third kappa shape index (κ3) is 2.59. The number of rotatable bonds is 3. The highest BCUT2D eigenvalue weighted by molar-refractivity contribution is 9.10. The number of hydrogen-bond acceptors (Lipinski definition) is 4. The third-order valence-electron chi connectivity index (χ3n) is 2.59. The molecule has 18 heavy (non-hydrogen) atoms. The minimum Gasteiger partial charge on any atom is -0.422 e. The first-order chi connectivity index (χ1) is 8.52. The number of aliphatic hydroxyl groups excluding tert-OH is 1. The van der Waals surface area contributed by atoms with Crippen LogP contribution in [0.25, 0.3) is 11.0 Å². The summed E-state index contributed by atoms with van der Waals surface area (Å²) in [6.45, 7) is -0.216. The van der Waals surface area contributed by atoms with Crippen molar-refractivity contribution in [2.24, 2.45) is 5.73 Å². The summed E-state index contributed by atoms with van der Waals surface area (Å²) in [5, 5.41) is 9.90. The maximum Gasteiger partial charge on any atom is 0.341 e. The molecule has 1 aromatic carbocycles. The van der Waals surface area contributed by atoms with Crippen LogP contribution < -0.4 is 11.4 Å². The van der Waals surface area contributed by atoms with Crippen LogP contribution in [0.15, 0.2) is 31.9 Å². The first kappa shape index (κ1) is 13.5. The average molecular weight is 333 g/mol. The molecule has 0 saturated heterocycles. The molecule has 1 atom stereocenters. The third-order valence-corrected chi connectivity index (χ3v) is 3.52. The molecule has 1 unspecified atom stereocenters. The van der Waals surface area contributed by atoms with Crippen molar-refractivity contribution in [3.05, 3.63) is 43.7 Å². The SMILES string of the molecule is NC(CO)Cc1c(Cl)c2cc(Br)ccc2oc1=O. The van der Waals surface area contributed by atoms with E-state index >= 15 is 0 Å². The van der Waals surface area contributed by atoms with E-state index in [9.17, 15) is 4.79 Å². The summed E-state index contributed by atoms with van der Waals surface area (Å²) in [7, 11) is 0. The predicted molar refractivity (Wildman–Crippen MR) is 74.0 cm³/mol. The van der Waals surface area contributed by atoms with Crippen LogP contribution >= 0.6 is 27.5 Å². The van der Waals surface area contributed by atoms with Gasteiger partial charge in [-0.3, -0.25) is 0 Å². The van der Waals surface area contributed by atoms with Crippen LogP contribution in [0.2, 0.25) is 5.02 Å². The molecule has 6 heteroatoms. The van der Waals surface area contributed by atoms with Crippen LogP contribution in [0.1, 0.15) is 5.56 Å². The second kappa shape index (κ2) is 5.40. The molecule has 0 aliphatic heterocycles. The maximum atomic E-state index is 11.8. The molecule has 0 saturated carbocycles. The van der Waals surface area contributed by atoms with Crippen molar-refractivity contribution in [3.8, 4) is 0 Å². The second-order valence-corrected chi connectivity index (χ2v) is 5.26. The summed E-state index contributed by atoms with van der Waals surface area (Å²) >= 11 is 9.53. The van der Waals surface area contributed by atoms with Gasteiger partial charge in [0.1, 0.15) is 5.58 Å². The lowest BCUT2D eigenvalue weighted by Gasteiger charge is -2.10. The Morgan fingerprint density at radius 2 is 2.22 bits per heavy atom. The molecular formula is C12H11BrClNO3. The van der Waals surface area contributed by atoms with Gasteiger partial charge in [-0.25, -0.2) is 4.79 Å². The number of halogens is 2. The van der Waals surface area contributed by atoms with Crippen molar-refractivity contribution in [2.45, 2.75) is 12.5 Å². The molecule has 2 aromatic rings. The van der Waals surface area contributed by atoms with Gasteiger partial charge in [0, 0.05) is 15.9 Å². The fourth-order valence-corrected chi connectivity index (χ4v) is 2.34. The van der Waals surface area contributed by atoms with E-state index in [1.165, 1.54) is 0 Å². The Labute approximate surface area is 116 Å². The lowest BCUT2D eigenvalue weighted by Crippen LogP contribution is -2.29. The van der Waals surface area contributed by atoms with Gasteiger partial charge in [0.25, 0.3) is 0 Å². The summed E-state index contributed by atoms with van der Waals surface area (Å²) in [4.78, 5) is 11.8. The number of benzene rings is 1. The number of hydrogen-bond donors (Lipinski definition) is 2. The van der Waals surface area contributed by atoms with E-state index < -0.39 is 11.7 Å². The Bertz CT molecular complexity index is 641. The van der Waals surface area contributed by atoms with Gasteiger partial charge < -0.3 is 15.3 Å². The lowest BCUT2D eigenvalue weighted by molar-refractivity contribution is 0.264. The zero-order valence-electron chi connectivity index (χ0n) is 9.32. The van der Waals surface area contributed by atoms with Crippen molar-refractivity contribution in [1.29, 1.82) is 0 Å². The average Bonchev–Trinajstić information content (AvgIpc) is 2.35. The molecule has 1 aromatic heterocycles. The van der Waals surface area contributed by atoms with Crippen LogP contribution in [0.5, 0.6) is 0 Å². The summed E-state index contributed by atoms with van der Waals surface area (Å²) in [5.74, 6) is 0. The Kier molecular flexibility index (Phi) is 4.07. The van der Waals surface area contributed by atoms with E-state index in [1.807, 2.05) is 0 Å². The van der Waals surface area contributed by atoms with Crippen molar-refractivity contribution in [1.82, 2.24) is 0 Å².